The maximum Gasteiger partial charge on any atom is 0.329 e. The summed E-state index contributed by atoms with van der Waals surface area (Å²) in [6.45, 7) is 5.04. The van der Waals surface area contributed by atoms with Gasteiger partial charge in [-0.2, -0.15) is 0 Å². The molecule has 3 unspecified atom stereocenters. The smallest absolute Gasteiger partial charge is 0.306 e. The van der Waals surface area contributed by atoms with E-state index in [4.69, 9.17) is 15.5 Å². The molecule has 3 nitrogen and oxygen atoms in total. The largest absolute Gasteiger partial charge is 0.329 e. The Morgan fingerprint density at radius 1 is 1.75 bits per heavy atom. The summed E-state index contributed by atoms with van der Waals surface area (Å²) < 4.78 is 21.8. The quantitative estimate of drug-likeness (QED) is 0.431. The highest BCUT2D eigenvalue weighted by Crippen LogP contribution is 2.54. The monoisotopic (exact) mass is 188 g/mol. The third-order valence-electron chi connectivity index (χ3n) is 1.72. The van der Waals surface area contributed by atoms with Crippen LogP contribution < -0.4 is 0 Å². The highest BCUT2D eigenvalue weighted by molar-refractivity contribution is 7.53. The minimum atomic E-state index is -2.92. The molecular weight excluding hydrogens is 175 g/mol. The lowest BCUT2D eigenvalue weighted by Crippen LogP contribution is -2.35. The van der Waals surface area contributed by atoms with Crippen LogP contribution in [-0.2, 0) is 13.6 Å². The second-order valence-electron chi connectivity index (χ2n) is 3.36. The SMILES string of the molecule is C#CC1(C)CC(C)OP(C)(=O)O1. The number of hydrogen-bond acceptors (Lipinski definition) is 3. The predicted molar refractivity (Wildman–Crippen MR) is 47.0 cm³/mol. The lowest BCUT2D eigenvalue weighted by molar-refractivity contribution is 0.0128. The van der Waals surface area contributed by atoms with Crippen LogP contribution in [0.5, 0.6) is 0 Å². The Morgan fingerprint density at radius 2 is 2.33 bits per heavy atom. The summed E-state index contributed by atoms with van der Waals surface area (Å²) in [4.78, 5) is 0. The van der Waals surface area contributed by atoms with Crippen molar-refractivity contribution in [2.24, 2.45) is 0 Å². The Hall–Kier alpha value is -0.290. The molecule has 1 aliphatic rings. The molecule has 0 aromatic heterocycles. The van der Waals surface area contributed by atoms with Crippen molar-refractivity contribution in [3.8, 4) is 12.3 Å². The molecule has 0 aliphatic carbocycles. The van der Waals surface area contributed by atoms with Crippen LogP contribution >= 0.6 is 7.60 Å². The summed E-state index contributed by atoms with van der Waals surface area (Å²) in [7, 11) is -2.92. The molecule has 0 amide bonds. The van der Waals surface area contributed by atoms with Crippen LogP contribution in [0, 0.1) is 12.3 Å². The summed E-state index contributed by atoms with van der Waals surface area (Å²) in [5.74, 6) is 2.49. The number of rotatable bonds is 0. The standard InChI is InChI=1S/C8H13O3P/c1-5-8(3)6-7(2)10-12(4,9)11-8/h1,7H,6H2,2-4H3. The van der Waals surface area contributed by atoms with Crippen LogP contribution in [0.1, 0.15) is 20.3 Å². The molecule has 1 heterocycles. The molecule has 1 aliphatic heterocycles. The average molecular weight is 188 g/mol. The first-order valence-electron chi connectivity index (χ1n) is 3.81. The third kappa shape index (κ3) is 2.10. The number of terminal acetylenes is 1. The second kappa shape index (κ2) is 2.88. The van der Waals surface area contributed by atoms with Gasteiger partial charge in [-0.1, -0.05) is 5.92 Å². The van der Waals surface area contributed by atoms with Gasteiger partial charge in [-0.25, -0.2) is 0 Å². The van der Waals surface area contributed by atoms with E-state index in [9.17, 15) is 4.57 Å². The molecule has 1 rings (SSSR count). The van der Waals surface area contributed by atoms with Crippen LogP contribution in [0.25, 0.3) is 0 Å². The molecule has 0 aromatic rings. The summed E-state index contributed by atoms with van der Waals surface area (Å²) in [6.07, 6.45) is 5.75. The van der Waals surface area contributed by atoms with E-state index in [-0.39, 0.29) is 6.10 Å². The molecule has 4 heteroatoms. The van der Waals surface area contributed by atoms with E-state index in [0.717, 1.165) is 0 Å². The minimum Gasteiger partial charge on any atom is -0.306 e. The molecule has 0 spiro atoms. The maximum atomic E-state index is 11.5. The minimum absolute atomic E-state index is 0.101. The van der Waals surface area contributed by atoms with E-state index in [2.05, 4.69) is 5.92 Å². The molecule has 0 aromatic carbocycles. The average Bonchev–Trinajstić information content (AvgIpc) is 1.82. The lowest BCUT2D eigenvalue weighted by Gasteiger charge is -2.36. The zero-order valence-electron chi connectivity index (χ0n) is 7.53. The molecule has 3 atom stereocenters. The van der Waals surface area contributed by atoms with E-state index in [1.807, 2.05) is 6.92 Å². The highest BCUT2D eigenvalue weighted by Gasteiger charge is 2.40. The van der Waals surface area contributed by atoms with Gasteiger partial charge in [-0.3, -0.25) is 9.09 Å². The normalized spacial score (nSPS) is 48.3. The Kier molecular flexibility index (Phi) is 2.35. The van der Waals surface area contributed by atoms with Gasteiger partial charge < -0.3 is 4.52 Å². The van der Waals surface area contributed by atoms with Gasteiger partial charge in [0.05, 0.1) is 6.10 Å². The summed E-state index contributed by atoms with van der Waals surface area (Å²) in [6, 6.07) is 0. The number of hydrogen-bond donors (Lipinski definition) is 0. The fourth-order valence-corrected chi connectivity index (χ4v) is 3.05. The van der Waals surface area contributed by atoms with Gasteiger partial charge in [0.25, 0.3) is 0 Å². The van der Waals surface area contributed by atoms with Crippen molar-refractivity contribution in [2.75, 3.05) is 6.66 Å². The molecule has 0 saturated carbocycles. The molecule has 1 saturated heterocycles. The van der Waals surface area contributed by atoms with E-state index in [1.165, 1.54) is 6.66 Å². The van der Waals surface area contributed by atoms with Crippen LogP contribution in [0.15, 0.2) is 0 Å². The Balaban J connectivity index is 2.86. The third-order valence-corrected chi connectivity index (χ3v) is 3.20. The van der Waals surface area contributed by atoms with Gasteiger partial charge >= 0.3 is 7.60 Å². The first-order chi connectivity index (χ1) is 5.37. The van der Waals surface area contributed by atoms with Crippen molar-refractivity contribution in [1.29, 1.82) is 0 Å². The zero-order chi connectivity index (χ0) is 9.41. The van der Waals surface area contributed by atoms with Gasteiger partial charge in [0, 0.05) is 13.1 Å². The molecule has 0 bridgehead atoms. The molecule has 12 heavy (non-hydrogen) atoms. The predicted octanol–water partition coefficient (Wildman–Crippen LogP) is 2.03. The van der Waals surface area contributed by atoms with Gasteiger partial charge in [0.15, 0.2) is 0 Å². The maximum absolute atomic E-state index is 11.5. The molecule has 68 valence electrons. The summed E-state index contributed by atoms with van der Waals surface area (Å²) in [5, 5.41) is 0. The summed E-state index contributed by atoms with van der Waals surface area (Å²) >= 11 is 0. The molecule has 0 N–H and O–H groups in total. The van der Waals surface area contributed by atoms with Crippen LogP contribution in [0.4, 0.5) is 0 Å². The van der Waals surface area contributed by atoms with Gasteiger partial charge in [0.2, 0.25) is 0 Å². The van der Waals surface area contributed by atoms with E-state index < -0.39 is 13.2 Å². The topological polar surface area (TPSA) is 35.5 Å². The van der Waals surface area contributed by atoms with Gasteiger partial charge in [-0.15, -0.1) is 6.42 Å². The first-order valence-corrected chi connectivity index (χ1v) is 5.80. The summed E-state index contributed by atoms with van der Waals surface area (Å²) in [5.41, 5.74) is -0.734. The molecule has 0 radical (unpaired) electrons. The Bertz CT molecular complexity index is 268. The van der Waals surface area contributed by atoms with Crippen molar-refractivity contribution < 1.29 is 13.6 Å². The highest BCUT2D eigenvalue weighted by atomic mass is 31.2. The molecular formula is C8H13O3P. The lowest BCUT2D eigenvalue weighted by atomic mass is 10.0. The van der Waals surface area contributed by atoms with Crippen molar-refractivity contribution >= 4 is 7.60 Å². The van der Waals surface area contributed by atoms with Crippen molar-refractivity contribution in [1.82, 2.24) is 0 Å². The Morgan fingerprint density at radius 3 is 2.75 bits per heavy atom. The fourth-order valence-electron chi connectivity index (χ4n) is 1.42. The van der Waals surface area contributed by atoms with Crippen molar-refractivity contribution in [3.63, 3.8) is 0 Å². The first kappa shape index (κ1) is 9.80. The van der Waals surface area contributed by atoms with Crippen LogP contribution in [-0.4, -0.2) is 18.4 Å². The van der Waals surface area contributed by atoms with Crippen molar-refractivity contribution in [3.05, 3.63) is 0 Å². The van der Waals surface area contributed by atoms with E-state index >= 15 is 0 Å². The molecule has 1 fully saturated rings. The van der Waals surface area contributed by atoms with Crippen molar-refractivity contribution in [2.45, 2.75) is 32.0 Å². The van der Waals surface area contributed by atoms with Crippen LogP contribution in [0.3, 0.4) is 0 Å². The zero-order valence-corrected chi connectivity index (χ0v) is 8.43. The van der Waals surface area contributed by atoms with E-state index in [1.54, 1.807) is 6.92 Å². The Labute approximate surface area is 73.0 Å². The van der Waals surface area contributed by atoms with Gasteiger partial charge in [0.1, 0.15) is 5.60 Å². The van der Waals surface area contributed by atoms with E-state index in [0.29, 0.717) is 6.42 Å². The van der Waals surface area contributed by atoms with Gasteiger partial charge in [-0.05, 0) is 13.8 Å². The fraction of sp³-hybridized carbons (Fsp3) is 0.750. The second-order valence-corrected chi connectivity index (χ2v) is 5.29. The van der Waals surface area contributed by atoms with Crippen LogP contribution in [0.2, 0.25) is 0 Å².